The second-order valence-corrected chi connectivity index (χ2v) is 6.52. The summed E-state index contributed by atoms with van der Waals surface area (Å²) in [7, 11) is 1.32. The lowest BCUT2D eigenvalue weighted by Gasteiger charge is -2.06. The van der Waals surface area contributed by atoms with Crippen LogP contribution in [-0.2, 0) is 0 Å². The minimum Gasteiger partial charge on any atom is -0.494 e. The summed E-state index contributed by atoms with van der Waals surface area (Å²) in [5.74, 6) is -0.474. The lowest BCUT2D eigenvalue weighted by molar-refractivity contribution is 0.386. The van der Waals surface area contributed by atoms with Crippen LogP contribution in [0.15, 0.2) is 50.7 Å². The zero-order chi connectivity index (χ0) is 20.0. The van der Waals surface area contributed by atoms with Gasteiger partial charge < -0.3 is 14.1 Å². The molecule has 3 aromatic heterocycles. The number of furan rings is 1. The van der Waals surface area contributed by atoms with Gasteiger partial charge in [-0.1, -0.05) is 11.6 Å². The van der Waals surface area contributed by atoms with Gasteiger partial charge in [0.1, 0.15) is 5.76 Å². The molecule has 0 aliphatic carbocycles. The zero-order valence-electron chi connectivity index (χ0n) is 14.7. The van der Waals surface area contributed by atoms with Crippen molar-refractivity contribution in [3.05, 3.63) is 73.9 Å². The van der Waals surface area contributed by atoms with E-state index in [0.29, 0.717) is 11.3 Å². The van der Waals surface area contributed by atoms with Gasteiger partial charge in [0.2, 0.25) is 5.58 Å². The molecule has 7 nitrogen and oxygen atoms in total. The molecule has 0 aliphatic heterocycles. The molecular formula is C19H13ClFN3O4. The second kappa shape index (κ2) is 6.65. The number of nitrogens with one attached hydrogen (secondary N) is 1. The predicted molar refractivity (Wildman–Crippen MR) is 102 cm³/mol. The lowest BCUT2D eigenvalue weighted by atomic mass is 10.1. The topological polar surface area (TPSA) is 90.1 Å². The third kappa shape index (κ3) is 2.87. The molecule has 1 aromatic carbocycles. The van der Waals surface area contributed by atoms with Crippen molar-refractivity contribution >= 4 is 22.7 Å². The number of pyridine rings is 1. The maximum atomic E-state index is 13.8. The summed E-state index contributed by atoms with van der Waals surface area (Å²) in [6.45, 7) is 1.79. The Labute approximate surface area is 162 Å². The SMILES string of the molecule is COc1cc(-c2cc3[nH]c(=O)n(-c4cncc(C)c4)c(=O)c3o2)c(Cl)cc1F. The van der Waals surface area contributed by atoms with Crippen LogP contribution in [-0.4, -0.2) is 21.6 Å². The van der Waals surface area contributed by atoms with Crippen molar-refractivity contribution in [2.75, 3.05) is 7.11 Å². The molecule has 28 heavy (non-hydrogen) atoms. The van der Waals surface area contributed by atoms with Crippen LogP contribution < -0.4 is 16.0 Å². The lowest BCUT2D eigenvalue weighted by Crippen LogP contribution is -2.33. The number of hydrogen-bond acceptors (Lipinski definition) is 5. The van der Waals surface area contributed by atoms with E-state index < -0.39 is 17.1 Å². The van der Waals surface area contributed by atoms with Gasteiger partial charge in [-0.05, 0) is 30.7 Å². The van der Waals surface area contributed by atoms with Crippen LogP contribution in [0.3, 0.4) is 0 Å². The predicted octanol–water partition coefficient (Wildman–Crippen LogP) is 3.44. The molecule has 0 spiro atoms. The number of aryl methyl sites for hydroxylation is 1. The van der Waals surface area contributed by atoms with Crippen LogP contribution in [0.25, 0.3) is 28.1 Å². The highest BCUT2D eigenvalue weighted by molar-refractivity contribution is 6.33. The van der Waals surface area contributed by atoms with Crippen LogP contribution in [0.1, 0.15) is 5.56 Å². The molecule has 9 heteroatoms. The minimum atomic E-state index is -0.650. The van der Waals surface area contributed by atoms with E-state index in [1.807, 2.05) is 0 Å². The average Bonchev–Trinajstić information content (AvgIpc) is 3.06. The summed E-state index contributed by atoms with van der Waals surface area (Å²) in [5, 5.41) is 0.0721. The highest BCUT2D eigenvalue weighted by Gasteiger charge is 2.18. The Kier molecular flexibility index (Phi) is 4.27. The maximum Gasteiger partial charge on any atom is 0.333 e. The summed E-state index contributed by atoms with van der Waals surface area (Å²) in [5.41, 5.74) is 0.251. The van der Waals surface area contributed by atoms with Gasteiger partial charge in [-0.25, -0.2) is 13.8 Å². The van der Waals surface area contributed by atoms with E-state index in [-0.39, 0.29) is 27.6 Å². The van der Waals surface area contributed by atoms with Crippen molar-refractivity contribution in [2.24, 2.45) is 0 Å². The number of hydrogen-bond donors (Lipinski definition) is 1. The van der Waals surface area contributed by atoms with Gasteiger partial charge >= 0.3 is 11.2 Å². The van der Waals surface area contributed by atoms with Gasteiger partial charge in [0.25, 0.3) is 0 Å². The van der Waals surface area contributed by atoms with Crippen LogP contribution in [0.5, 0.6) is 5.75 Å². The Hall–Kier alpha value is -3.39. The summed E-state index contributed by atoms with van der Waals surface area (Å²) in [4.78, 5) is 31.9. The first-order valence-corrected chi connectivity index (χ1v) is 8.51. The summed E-state index contributed by atoms with van der Waals surface area (Å²) in [6, 6.07) is 5.55. The Morgan fingerprint density at radius 3 is 2.71 bits per heavy atom. The van der Waals surface area contributed by atoms with Gasteiger partial charge in [-0.2, -0.15) is 0 Å². The molecule has 0 unspecified atom stereocenters. The highest BCUT2D eigenvalue weighted by Crippen LogP contribution is 2.35. The first-order valence-electron chi connectivity index (χ1n) is 8.13. The number of aromatic nitrogens is 3. The van der Waals surface area contributed by atoms with Crippen LogP contribution >= 0.6 is 11.6 Å². The number of ether oxygens (including phenoxy) is 1. The quantitative estimate of drug-likeness (QED) is 0.568. The fourth-order valence-corrected chi connectivity index (χ4v) is 3.15. The van der Waals surface area contributed by atoms with Gasteiger partial charge in [-0.15, -0.1) is 0 Å². The van der Waals surface area contributed by atoms with Crippen LogP contribution in [0.4, 0.5) is 4.39 Å². The first kappa shape index (κ1) is 18.0. The molecular weight excluding hydrogens is 389 g/mol. The molecule has 142 valence electrons. The van der Waals surface area contributed by atoms with Crippen molar-refractivity contribution < 1.29 is 13.5 Å². The monoisotopic (exact) mass is 401 g/mol. The van der Waals surface area contributed by atoms with E-state index in [1.165, 1.54) is 25.4 Å². The fraction of sp³-hybridized carbons (Fsp3) is 0.105. The van der Waals surface area contributed by atoms with Crippen LogP contribution in [0.2, 0.25) is 5.02 Å². The Morgan fingerprint density at radius 1 is 1.21 bits per heavy atom. The van der Waals surface area contributed by atoms with E-state index in [2.05, 4.69) is 9.97 Å². The van der Waals surface area contributed by atoms with E-state index in [1.54, 1.807) is 19.2 Å². The van der Waals surface area contributed by atoms with Crippen molar-refractivity contribution in [1.82, 2.24) is 14.5 Å². The molecule has 0 atom stereocenters. The Morgan fingerprint density at radius 2 is 2.00 bits per heavy atom. The molecule has 4 aromatic rings. The zero-order valence-corrected chi connectivity index (χ0v) is 15.5. The fourth-order valence-electron chi connectivity index (χ4n) is 2.91. The normalized spacial score (nSPS) is 11.1. The van der Waals surface area contributed by atoms with Crippen molar-refractivity contribution in [2.45, 2.75) is 6.92 Å². The van der Waals surface area contributed by atoms with Gasteiger partial charge in [0.15, 0.2) is 11.6 Å². The molecule has 0 saturated carbocycles. The number of nitrogens with zero attached hydrogens (tertiary/aromatic N) is 2. The summed E-state index contributed by atoms with van der Waals surface area (Å²) < 4.78 is 25.4. The summed E-state index contributed by atoms with van der Waals surface area (Å²) in [6.07, 6.45) is 3.01. The number of aromatic amines is 1. The molecule has 0 amide bonds. The van der Waals surface area contributed by atoms with Gasteiger partial charge in [-0.3, -0.25) is 9.78 Å². The number of methoxy groups -OCH3 is 1. The van der Waals surface area contributed by atoms with Gasteiger partial charge in [0.05, 0.1) is 29.5 Å². The molecule has 0 saturated heterocycles. The smallest absolute Gasteiger partial charge is 0.333 e. The number of H-pyrrole nitrogens is 1. The molecule has 0 radical (unpaired) electrons. The second-order valence-electron chi connectivity index (χ2n) is 6.11. The third-order valence-electron chi connectivity index (χ3n) is 4.20. The molecule has 0 fully saturated rings. The van der Waals surface area contributed by atoms with Crippen molar-refractivity contribution in [1.29, 1.82) is 0 Å². The summed E-state index contributed by atoms with van der Waals surface area (Å²) >= 11 is 6.12. The van der Waals surface area contributed by atoms with Crippen LogP contribution in [0, 0.1) is 12.7 Å². The molecule has 1 N–H and O–H groups in total. The van der Waals surface area contributed by atoms with Crippen molar-refractivity contribution in [3.8, 4) is 22.8 Å². The Bertz CT molecular complexity index is 1340. The highest BCUT2D eigenvalue weighted by atomic mass is 35.5. The molecule has 4 rings (SSSR count). The average molecular weight is 402 g/mol. The number of fused-ring (bicyclic) bond motifs is 1. The molecule has 0 aliphatic rings. The standard InChI is InChI=1S/C19H13ClFN3O4/c1-9-3-10(8-22-7-9)24-18(25)17-14(23-19(24)26)6-15(28-17)11-4-16(27-2)13(21)5-12(11)20/h3-8H,1-2H3,(H,23,26). The number of halogens is 2. The van der Waals surface area contributed by atoms with Crippen molar-refractivity contribution in [3.63, 3.8) is 0 Å². The minimum absolute atomic E-state index is 0.0309. The largest absolute Gasteiger partial charge is 0.494 e. The van der Waals surface area contributed by atoms with E-state index in [4.69, 9.17) is 20.8 Å². The van der Waals surface area contributed by atoms with Gasteiger partial charge in [0, 0.05) is 17.8 Å². The molecule has 3 heterocycles. The van der Waals surface area contributed by atoms with E-state index >= 15 is 0 Å². The number of rotatable bonds is 3. The first-order chi connectivity index (χ1) is 13.4. The molecule has 0 bridgehead atoms. The van der Waals surface area contributed by atoms with E-state index in [0.717, 1.165) is 16.2 Å². The maximum absolute atomic E-state index is 13.8. The third-order valence-corrected chi connectivity index (χ3v) is 4.51. The Balaban J connectivity index is 1.96. The number of benzene rings is 1. The van der Waals surface area contributed by atoms with E-state index in [9.17, 15) is 14.0 Å².